The Labute approximate surface area is 218 Å². The van der Waals surface area contributed by atoms with Crippen molar-refractivity contribution in [2.75, 3.05) is 0 Å². The number of aryl methyl sites for hydroxylation is 1. The van der Waals surface area contributed by atoms with E-state index in [9.17, 15) is 9.90 Å². The van der Waals surface area contributed by atoms with Crippen LogP contribution in [0.2, 0.25) is 0 Å². The lowest BCUT2D eigenvalue weighted by molar-refractivity contribution is -0.129. The highest BCUT2D eigenvalue weighted by atomic mass is 16.3. The number of hydrogen-bond acceptors (Lipinski definition) is 3. The molecule has 0 radical (unpaired) electrons. The number of rotatable bonds is 6. The third-order valence-corrected chi connectivity index (χ3v) is 11.7. The minimum Gasteiger partial charge on any atom is -0.393 e. The van der Waals surface area contributed by atoms with Crippen LogP contribution in [0.3, 0.4) is 0 Å². The van der Waals surface area contributed by atoms with Crippen LogP contribution < -0.4 is 5.43 Å². The molecular weight excluding hydrogens is 444 g/mol. The van der Waals surface area contributed by atoms with Crippen LogP contribution in [0, 0.1) is 53.3 Å². The number of amides is 1. The van der Waals surface area contributed by atoms with Crippen LogP contribution in [-0.4, -0.2) is 23.3 Å². The molecule has 1 aromatic rings. The van der Waals surface area contributed by atoms with Crippen LogP contribution in [0.1, 0.15) is 103 Å². The molecule has 0 aliphatic heterocycles. The number of hydrazone groups is 1. The van der Waals surface area contributed by atoms with Crippen molar-refractivity contribution < 1.29 is 9.90 Å². The van der Waals surface area contributed by atoms with Gasteiger partial charge in [0.15, 0.2) is 0 Å². The van der Waals surface area contributed by atoms with Gasteiger partial charge in [0.25, 0.3) is 0 Å². The van der Waals surface area contributed by atoms with Crippen molar-refractivity contribution in [1.82, 2.24) is 5.43 Å². The van der Waals surface area contributed by atoms with E-state index >= 15 is 0 Å². The van der Waals surface area contributed by atoms with E-state index in [2.05, 4.69) is 50.4 Å². The molecule has 2 N–H and O–H groups in total. The number of nitrogens with zero attached hydrogens (tertiary/aromatic N) is 1. The maximum Gasteiger partial charge on any atom is 0.240 e. The Hall–Kier alpha value is -1.68. The van der Waals surface area contributed by atoms with Gasteiger partial charge in [0.05, 0.1) is 12.3 Å². The number of aliphatic hydroxyl groups is 1. The first-order chi connectivity index (χ1) is 17.2. The standard InChI is InChI=1S/C32H48N2O2/c1-21-5-8-23(9-6-21)20-33-34-30(36)14-7-22(2)27-12-13-28-26-11-10-24-19-25(35)15-17-31(24,3)29(26)16-18-32(27,28)4/h5-6,8-9,20,22,24-29,35H,7,10-19H2,1-4H3,(H,34,36)/b33-20+/t22-,24-,25-,26+,27-,28+,29+,31+,32-/m1/s1. The van der Waals surface area contributed by atoms with Gasteiger partial charge in [0.2, 0.25) is 5.91 Å². The number of hydrogen-bond donors (Lipinski definition) is 2. The summed E-state index contributed by atoms with van der Waals surface area (Å²) in [6.45, 7) is 9.65. The minimum atomic E-state index is -0.0595. The zero-order chi connectivity index (χ0) is 25.5. The minimum absolute atomic E-state index is 0.0272. The van der Waals surface area contributed by atoms with Crippen molar-refractivity contribution in [3.8, 4) is 0 Å². The molecule has 4 fully saturated rings. The largest absolute Gasteiger partial charge is 0.393 e. The van der Waals surface area contributed by atoms with E-state index in [-0.39, 0.29) is 12.0 Å². The predicted molar refractivity (Wildman–Crippen MR) is 147 cm³/mol. The van der Waals surface area contributed by atoms with Gasteiger partial charge in [-0.25, -0.2) is 5.43 Å². The fourth-order valence-electron chi connectivity index (χ4n) is 9.66. The number of fused-ring (bicyclic) bond motifs is 5. The molecule has 1 amide bonds. The van der Waals surface area contributed by atoms with E-state index in [4.69, 9.17) is 0 Å². The fourth-order valence-corrected chi connectivity index (χ4v) is 9.66. The highest BCUT2D eigenvalue weighted by molar-refractivity contribution is 5.82. The Balaban J connectivity index is 1.16. The van der Waals surface area contributed by atoms with Gasteiger partial charge in [-0.05, 0) is 123 Å². The number of nitrogens with one attached hydrogen (secondary N) is 1. The summed E-state index contributed by atoms with van der Waals surface area (Å²) >= 11 is 0. The molecule has 0 saturated heterocycles. The predicted octanol–water partition coefficient (Wildman–Crippen LogP) is 6.88. The van der Waals surface area contributed by atoms with Crippen LogP contribution in [0.25, 0.3) is 0 Å². The summed E-state index contributed by atoms with van der Waals surface area (Å²) in [6, 6.07) is 8.14. The van der Waals surface area contributed by atoms with Gasteiger partial charge in [0, 0.05) is 6.42 Å². The van der Waals surface area contributed by atoms with E-state index in [0.717, 1.165) is 54.4 Å². The van der Waals surface area contributed by atoms with Crippen molar-refractivity contribution >= 4 is 12.1 Å². The Morgan fingerprint density at radius 1 is 1.06 bits per heavy atom. The van der Waals surface area contributed by atoms with E-state index in [0.29, 0.717) is 23.2 Å². The molecule has 198 valence electrons. The highest BCUT2D eigenvalue weighted by Crippen LogP contribution is 2.68. The van der Waals surface area contributed by atoms with Gasteiger partial charge >= 0.3 is 0 Å². The monoisotopic (exact) mass is 492 g/mol. The summed E-state index contributed by atoms with van der Waals surface area (Å²) in [6.07, 6.45) is 14.6. The summed E-state index contributed by atoms with van der Waals surface area (Å²) < 4.78 is 0. The van der Waals surface area contributed by atoms with Gasteiger partial charge in [-0.15, -0.1) is 0 Å². The fraction of sp³-hybridized carbons (Fsp3) is 0.750. The molecule has 4 nitrogen and oxygen atoms in total. The second-order valence-corrected chi connectivity index (χ2v) is 13.5. The summed E-state index contributed by atoms with van der Waals surface area (Å²) in [4.78, 5) is 12.5. The van der Waals surface area contributed by atoms with Gasteiger partial charge in [-0.2, -0.15) is 5.10 Å². The quantitative estimate of drug-likeness (QED) is 0.336. The van der Waals surface area contributed by atoms with Crippen LogP contribution in [0.5, 0.6) is 0 Å². The first-order valence-electron chi connectivity index (χ1n) is 14.8. The normalized spacial score (nSPS) is 40.8. The SMILES string of the molecule is Cc1ccc(/C=N/NC(=O)CC[C@@H](C)[C@H]2CC[C@H]3[C@@H]4CC[C@@H]5C[C@H](O)CC[C@]5(C)[C@H]4CC[C@]23C)cc1. The van der Waals surface area contributed by atoms with Crippen molar-refractivity contribution in [2.24, 2.45) is 51.4 Å². The van der Waals surface area contributed by atoms with Crippen LogP contribution in [-0.2, 0) is 4.79 Å². The maximum atomic E-state index is 12.5. The molecule has 5 rings (SSSR count). The van der Waals surface area contributed by atoms with E-state index in [1.807, 2.05) is 12.1 Å². The van der Waals surface area contributed by atoms with Gasteiger partial charge in [-0.3, -0.25) is 4.79 Å². The average Bonchev–Trinajstić information content (AvgIpc) is 3.21. The van der Waals surface area contributed by atoms with Crippen molar-refractivity contribution in [3.05, 3.63) is 35.4 Å². The van der Waals surface area contributed by atoms with Crippen LogP contribution in [0.15, 0.2) is 29.4 Å². The molecule has 9 atom stereocenters. The smallest absolute Gasteiger partial charge is 0.240 e. The molecule has 1 aromatic carbocycles. The van der Waals surface area contributed by atoms with E-state index in [1.165, 1.54) is 50.5 Å². The molecule has 4 aliphatic rings. The van der Waals surface area contributed by atoms with Crippen molar-refractivity contribution in [1.29, 1.82) is 0 Å². The lowest BCUT2D eigenvalue weighted by atomic mass is 9.44. The molecule has 0 aromatic heterocycles. The lowest BCUT2D eigenvalue weighted by Gasteiger charge is -2.61. The molecule has 0 bridgehead atoms. The van der Waals surface area contributed by atoms with Gasteiger partial charge < -0.3 is 5.11 Å². The highest BCUT2D eigenvalue weighted by Gasteiger charge is 2.60. The molecule has 36 heavy (non-hydrogen) atoms. The van der Waals surface area contributed by atoms with E-state index < -0.39 is 0 Å². The topological polar surface area (TPSA) is 61.7 Å². The second-order valence-electron chi connectivity index (χ2n) is 13.5. The van der Waals surface area contributed by atoms with Gasteiger partial charge in [-0.1, -0.05) is 50.6 Å². The van der Waals surface area contributed by atoms with Crippen molar-refractivity contribution in [2.45, 2.75) is 104 Å². The number of benzene rings is 1. The number of carbonyl (C=O) groups excluding carboxylic acids is 1. The Kier molecular flexibility index (Phi) is 7.38. The first kappa shape index (κ1) is 25.9. The third-order valence-electron chi connectivity index (χ3n) is 11.7. The molecule has 0 spiro atoms. The summed E-state index contributed by atoms with van der Waals surface area (Å²) in [5, 5.41) is 14.5. The maximum absolute atomic E-state index is 12.5. The van der Waals surface area contributed by atoms with Crippen LogP contribution in [0.4, 0.5) is 0 Å². The van der Waals surface area contributed by atoms with Crippen LogP contribution >= 0.6 is 0 Å². The first-order valence-corrected chi connectivity index (χ1v) is 14.8. The second kappa shape index (κ2) is 10.2. The van der Waals surface area contributed by atoms with Crippen molar-refractivity contribution in [3.63, 3.8) is 0 Å². The number of aliphatic hydroxyl groups excluding tert-OH is 1. The van der Waals surface area contributed by atoms with Gasteiger partial charge in [0.1, 0.15) is 0 Å². The summed E-state index contributed by atoms with van der Waals surface area (Å²) in [5.74, 6) is 4.63. The zero-order valence-corrected chi connectivity index (χ0v) is 23.0. The Morgan fingerprint density at radius 3 is 2.56 bits per heavy atom. The zero-order valence-electron chi connectivity index (χ0n) is 23.0. The molecular formula is C32H48N2O2. The molecule has 4 aliphatic carbocycles. The third kappa shape index (κ3) is 4.79. The number of carbonyl (C=O) groups is 1. The Morgan fingerprint density at radius 2 is 1.78 bits per heavy atom. The Bertz CT molecular complexity index is 957. The summed E-state index contributed by atoms with van der Waals surface area (Å²) in [7, 11) is 0. The average molecular weight is 493 g/mol. The molecule has 4 saturated carbocycles. The lowest BCUT2D eigenvalue weighted by Crippen LogP contribution is -2.54. The molecule has 0 unspecified atom stereocenters. The molecule has 0 heterocycles. The van der Waals surface area contributed by atoms with E-state index in [1.54, 1.807) is 6.21 Å². The summed E-state index contributed by atoms with van der Waals surface area (Å²) in [5.41, 5.74) is 5.84. The molecule has 4 heteroatoms.